The average molecular weight is 218 g/mol. The number of hydrogen-bond acceptors (Lipinski definition) is 2. The standard InChI is InChI=1S/C10H13ClFNO/c1-2-14-6-10(13)7-3-4-9(12)8(11)5-7/h3-5,10H,2,6,13H2,1H3/t10-/m1/s1. The third kappa shape index (κ3) is 2.94. The van der Waals surface area contributed by atoms with Crippen molar-refractivity contribution >= 4 is 11.6 Å². The molecule has 0 aliphatic heterocycles. The Balaban J connectivity index is 2.70. The summed E-state index contributed by atoms with van der Waals surface area (Å²) >= 11 is 5.62. The highest BCUT2D eigenvalue weighted by Gasteiger charge is 2.08. The predicted octanol–water partition coefficient (Wildman–Crippen LogP) is 2.52. The minimum absolute atomic E-state index is 0.0921. The molecule has 0 fully saturated rings. The number of halogens is 2. The summed E-state index contributed by atoms with van der Waals surface area (Å²) in [4.78, 5) is 0. The normalized spacial score (nSPS) is 12.9. The first-order chi connectivity index (χ1) is 6.65. The molecule has 1 atom stereocenters. The summed E-state index contributed by atoms with van der Waals surface area (Å²) in [6.45, 7) is 2.92. The monoisotopic (exact) mass is 217 g/mol. The van der Waals surface area contributed by atoms with Crippen molar-refractivity contribution in [1.82, 2.24) is 0 Å². The summed E-state index contributed by atoms with van der Waals surface area (Å²) in [5, 5.41) is 0.0921. The highest BCUT2D eigenvalue weighted by Crippen LogP contribution is 2.19. The molecule has 0 aromatic heterocycles. The molecule has 4 heteroatoms. The van der Waals surface area contributed by atoms with Gasteiger partial charge in [-0.3, -0.25) is 0 Å². The van der Waals surface area contributed by atoms with Crippen molar-refractivity contribution in [2.75, 3.05) is 13.2 Å². The molecule has 78 valence electrons. The number of nitrogens with two attached hydrogens (primary N) is 1. The maximum Gasteiger partial charge on any atom is 0.141 e. The molecule has 0 bridgehead atoms. The van der Waals surface area contributed by atoms with E-state index in [4.69, 9.17) is 22.1 Å². The van der Waals surface area contributed by atoms with Gasteiger partial charge in [-0.05, 0) is 24.6 Å². The molecule has 2 N–H and O–H groups in total. The van der Waals surface area contributed by atoms with Gasteiger partial charge in [0.2, 0.25) is 0 Å². The molecule has 2 nitrogen and oxygen atoms in total. The van der Waals surface area contributed by atoms with E-state index in [2.05, 4.69) is 0 Å². The van der Waals surface area contributed by atoms with Crippen molar-refractivity contribution in [3.63, 3.8) is 0 Å². The number of ether oxygens (including phenoxy) is 1. The Morgan fingerprint density at radius 3 is 2.86 bits per heavy atom. The fraction of sp³-hybridized carbons (Fsp3) is 0.400. The smallest absolute Gasteiger partial charge is 0.141 e. The van der Waals surface area contributed by atoms with Crippen LogP contribution in [0.2, 0.25) is 5.02 Å². The lowest BCUT2D eigenvalue weighted by Crippen LogP contribution is -2.17. The maximum atomic E-state index is 12.8. The minimum atomic E-state index is -0.431. The third-order valence-electron chi connectivity index (χ3n) is 1.87. The molecule has 1 aromatic rings. The van der Waals surface area contributed by atoms with Gasteiger partial charge in [-0.1, -0.05) is 17.7 Å². The maximum absolute atomic E-state index is 12.8. The first-order valence-electron chi connectivity index (χ1n) is 4.43. The van der Waals surface area contributed by atoms with Gasteiger partial charge >= 0.3 is 0 Å². The lowest BCUT2D eigenvalue weighted by atomic mass is 10.1. The molecule has 14 heavy (non-hydrogen) atoms. The molecule has 0 spiro atoms. The summed E-state index contributed by atoms with van der Waals surface area (Å²) in [6.07, 6.45) is 0. The second kappa shape index (κ2) is 5.29. The van der Waals surface area contributed by atoms with Gasteiger partial charge in [0.15, 0.2) is 0 Å². The molecule has 0 radical (unpaired) electrons. The Hall–Kier alpha value is -0.640. The Morgan fingerprint density at radius 1 is 1.57 bits per heavy atom. The van der Waals surface area contributed by atoms with Gasteiger partial charge in [-0.2, -0.15) is 0 Å². The topological polar surface area (TPSA) is 35.2 Å². The average Bonchev–Trinajstić information content (AvgIpc) is 2.18. The van der Waals surface area contributed by atoms with Crippen LogP contribution in [0.1, 0.15) is 18.5 Å². The zero-order chi connectivity index (χ0) is 10.6. The van der Waals surface area contributed by atoms with Crippen molar-refractivity contribution in [1.29, 1.82) is 0 Å². The van der Waals surface area contributed by atoms with Gasteiger partial charge in [0.25, 0.3) is 0 Å². The molecule has 1 rings (SSSR count). The van der Waals surface area contributed by atoms with Crippen LogP contribution < -0.4 is 5.73 Å². The van der Waals surface area contributed by atoms with Crippen LogP contribution in [-0.4, -0.2) is 13.2 Å². The zero-order valence-electron chi connectivity index (χ0n) is 7.97. The highest BCUT2D eigenvalue weighted by molar-refractivity contribution is 6.30. The largest absolute Gasteiger partial charge is 0.380 e. The van der Waals surface area contributed by atoms with E-state index in [1.807, 2.05) is 6.92 Å². The predicted molar refractivity (Wildman–Crippen MR) is 54.8 cm³/mol. The van der Waals surface area contributed by atoms with Crippen LogP contribution in [0, 0.1) is 5.82 Å². The minimum Gasteiger partial charge on any atom is -0.380 e. The van der Waals surface area contributed by atoms with Crippen molar-refractivity contribution in [3.05, 3.63) is 34.6 Å². The van der Waals surface area contributed by atoms with E-state index in [1.54, 1.807) is 6.07 Å². The number of rotatable bonds is 4. The third-order valence-corrected chi connectivity index (χ3v) is 2.16. The lowest BCUT2D eigenvalue weighted by molar-refractivity contribution is 0.133. The quantitative estimate of drug-likeness (QED) is 0.841. The molecule has 0 aliphatic rings. The number of hydrogen-bond donors (Lipinski definition) is 1. The summed E-state index contributed by atoms with van der Waals surface area (Å²) in [6, 6.07) is 4.20. The second-order valence-electron chi connectivity index (χ2n) is 2.94. The molecule has 1 aromatic carbocycles. The van der Waals surface area contributed by atoms with E-state index >= 15 is 0 Å². The molecule has 0 aliphatic carbocycles. The van der Waals surface area contributed by atoms with E-state index in [1.165, 1.54) is 12.1 Å². The first kappa shape index (κ1) is 11.4. The zero-order valence-corrected chi connectivity index (χ0v) is 8.72. The molecule has 0 heterocycles. The second-order valence-corrected chi connectivity index (χ2v) is 3.35. The Bertz CT molecular complexity index is 306. The van der Waals surface area contributed by atoms with Crippen molar-refractivity contribution in [2.45, 2.75) is 13.0 Å². The van der Waals surface area contributed by atoms with Crippen molar-refractivity contribution in [3.8, 4) is 0 Å². The summed E-state index contributed by atoms with van der Waals surface area (Å²) in [5.41, 5.74) is 6.58. The highest BCUT2D eigenvalue weighted by atomic mass is 35.5. The molecule has 0 amide bonds. The Labute approximate surface area is 87.8 Å². The van der Waals surface area contributed by atoms with E-state index < -0.39 is 5.82 Å². The van der Waals surface area contributed by atoms with Gasteiger partial charge in [-0.25, -0.2) is 4.39 Å². The van der Waals surface area contributed by atoms with Crippen LogP contribution in [0.15, 0.2) is 18.2 Å². The first-order valence-corrected chi connectivity index (χ1v) is 4.81. The fourth-order valence-corrected chi connectivity index (χ4v) is 1.27. The molecular weight excluding hydrogens is 205 g/mol. The van der Waals surface area contributed by atoms with E-state index in [-0.39, 0.29) is 11.1 Å². The number of benzene rings is 1. The van der Waals surface area contributed by atoms with Crippen LogP contribution in [-0.2, 0) is 4.74 Å². The summed E-state index contributed by atoms with van der Waals surface area (Å²) in [7, 11) is 0. The van der Waals surface area contributed by atoms with E-state index in [0.29, 0.717) is 13.2 Å². The van der Waals surface area contributed by atoms with Gasteiger partial charge in [0.1, 0.15) is 5.82 Å². The van der Waals surface area contributed by atoms with E-state index in [9.17, 15) is 4.39 Å². The molecular formula is C10H13ClFNO. The van der Waals surface area contributed by atoms with Crippen LogP contribution in [0.4, 0.5) is 4.39 Å². The van der Waals surface area contributed by atoms with Gasteiger partial charge < -0.3 is 10.5 Å². The van der Waals surface area contributed by atoms with Crippen LogP contribution in [0.25, 0.3) is 0 Å². The fourth-order valence-electron chi connectivity index (χ4n) is 1.08. The Morgan fingerprint density at radius 2 is 2.29 bits per heavy atom. The van der Waals surface area contributed by atoms with Crippen LogP contribution in [0.5, 0.6) is 0 Å². The van der Waals surface area contributed by atoms with Crippen molar-refractivity contribution in [2.24, 2.45) is 5.73 Å². The summed E-state index contributed by atoms with van der Waals surface area (Å²) < 4.78 is 18.0. The van der Waals surface area contributed by atoms with Crippen LogP contribution >= 0.6 is 11.6 Å². The van der Waals surface area contributed by atoms with Gasteiger partial charge in [0, 0.05) is 6.61 Å². The molecule has 0 saturated heterocycles. The lowest BCUT2D eigenvalue weighted by Gasteiger charge is -2.12. The van der Waals surface area contributed by atoms with Crippen LogP contribution in [0.3, 0.4) is 0 Å². The molecule has 0 saturated carbocycles. The molecule has 0 unspecified atom stereocenters. The van der Waals surface area contributed by atoms with Gasteiger partial charge in [0.05, 0.1) is 17.7 Å². The summed E-state index contributed by atoms with van der Waals surface area (Å²) in [5.74, 6) is -0.431. The Kier molecular flexibility index (Phi) is 4.32. The van der Waals surface area contributed by atoms with E-state index in [0.717, 1.165) is 5.56 Å². The SMILES string of the molecule is CCOC[C@@H](N)c1ccc(F)c(Cl)c1. The van der Waals surface area contributed by atoms with Gasteiger partial charge in [-0.15, -0.1) is 0 Å². The van der Waals surface area contributed by atoms with Crippen molar-refractivity contribution < 1.29 is 9.13 Å².